The van der Waals surface area contributed by atoms with Crippen LogP contribution in [0, 0.1) is 0 Å². The lowest BCUT2D eigenvalue weighted by molar-refractivity contribution is -0.124. The third kappa shape index (κ3) is 3.23. The van der Waals surface area contributed by atoms with Gasteiger partial charge in [-0.25, -0.2) is 0 Å². The van der Waals surface area contributed by atoms with Crippen LogP contribution in [0.4, 0.5) is 0 Å². The summed E-state index contributed by atoms with van der Waals surface area (Å²) in [4.78, 5) is 12.2. The Morgan fingerprint density at radius 3 is 3.16 bits per heavy atom. The molecule has 1 aliphatic rings. The van der Waals surface area contributed by atoms with E-state index in [4.69, 9.17) is 4.74 Å². The van der Waals surface area contributed by atoms with Crippen molar-refractivity contribution >= 4 is 5.91 Å². The smallest absolute Gasteiger partial charge is 0.227 e. The summed E-state index contributed by atoms with van der Waals surface area (Å²) in [5, 5.41) is 7.15. The highest BCUT2D eigenvalue weighted by Gasteiger charge is 2.27. The minimum absolute atomic E-state index is 0.00958. The lowest BCUT2D eigenvalue weighted by atomic mass is 9.99. The maximum atomic E-state index is 12.2. The van der Waals surface area contributed by atoms with Crippen molar-refractivity contribution in [3.63, 3.8) is 0 Å². The quantitative estimate of drug-likeness (QED) is 0.835. The molecule has 2 heterocycles. The summed E-state index contributed by atoms with van der Waals surface area (Å²) in [7, 11) is 1.84. The molecule has 1 fully saturated rings. The molecule has 0 aliphatic carbocycles. The Labute approximate surface area is 113 Å². The normalized spacial score (nSPS) is 24.7. The highest BCUT2D eigenvalue weighted by atomic mass is 16.5. The molecule has 3 atom stereocenters. The van der Waals surface area contributed by atoms with Crippen LogP contribution in [0.25, 0.3) is 0 Å². The molecule has 104 valence electrons. The minimum atomic E-state index is -0.207. The van der Waals surface area contributed by atoms with Crippen molar-refractivity contribution in [1.82, 2.24) is 15.1 Å². The Balaban J connectivity index is 1.97. The van der Waals surface area contributed by atoms with E-state index in [1.165, 1.54) is 0 Å². The molecule has 0 spiro atoms. The number of rotatable bonds is 4. The molecule has 1 aromatic heterocycles. The largest absolute Gasteiger partial charge is 0.372 e. The van der Waals surface area contributed by atoms with Crippen molar-refractivity contribution in [1.29, 1.82) is 0 Å². The standard InChI is InChI=1S/C14H21N3O2/c1-4-13-12(6-5-7-19-13)16-14(18)10(2)11-8-15-17(3)9-11/h4,8-10,12-13H,1,5-7H2,2-3H3,(H,16,18)/t10?,12-,13+/m1/s1. The Bertz CT molecular complexity index is 455. The SMILES string of the molecule is C=C[C@@H]1OCCC[C@H]1NC(=O)C(C)c1cnn(C)c1. The van der Waals surface area contributed by atoms with Crippen LogP contribution in [0.2, 0.25) is 0 Å². The van der Waals surface area contributed by atoms with Gasteiger partial charge in [0.2, 0.25) is 5.91 Å². The van der Waals surface area contributed by atoms with Gasteiger partial charge in [-0.3, -0.25) is 9.48 Å². The second-order valence-electron chi connectivity index (χ2n) is 5.00. The molecule has 1 amide bonds. The van der Waals surface area contributed by atoms with Crippen molar-refractivity contribution in [2.45, 2.75) is 37.8 Å². The fraction of sp³-hybridized carbons (Fsp3) is 0.571. The minimum Gasteiger partial charge on any atom is -0.372 e. The van der Waals surface area contributed by atoms with E-state index in [1.807, 2.05) is 20.2 Å². The summed E-state index contributed by atoms with van der Waals surface area (Å²) in [6.45, 7) is 6.38. The number of nitrogens with zero attached hydrogens (tertiary/aromatic N) is 2. The number of hydrogen-bond donors (Lipinski definition) is 1. The van der Waals surface area contributed by atoms with Crippen molar-refractivity contribution < 1.29 is 9.53 Å². The Kier molecular flexibility index (Phi) is 4.37. The number of aryl methyl sites for hydroxylation is 1. The summed E-state index contributed by atoms with van der Waals surface area (Å²) < 4.78 is 7.28. The van der Waals surface area contributed by atoms with E-state index in [1.54, 1.807) is 17.0 Å². The van der Waals surface area contributed by atoms with Crippen LogP contribution in [-0.2, 0) is 16.6 Å². The summed E-state index contributed by atoms with van der Waals surface area (Å²) in [5.74, 6) is -0.198. The maximum Gasteiger partial charge on any atom is 0.227 e. The first kappa shape index (κ1) is 13.8. The number of carbonyl (C=O) groups excluding carboxylic acids is 1. The van der Waals surface area contributed by atoms with Gasteiger partial charge in [-0.15, -0.1) is 6.58 Å². The van der Waals surface area contributed by atoms with E-state index in [0.29, 0.717) is 0 Å². The molecule has 19 heavy (non-hydrogen) atoms. The lowest BCUT2D eigenvalue weighted by Gasteiger charge is -2.31. The molecular formula is C14H21N3O2. The van der Waals surface area contributed by atoms with Crippen molar-refractivity contribution in [2.24, 2.45) is 7.05 Å². The van der Waals surface area contributed by atoms with Crippen LogP contribution >= 0.6 is 0 Å². The van der Waals surface area contributed by atoms with E-state index in [9.17, 15) is 4.79 Å². The molecule has 2 rings (SSSR count). The molecule has 1 unspecified atom stereocenters. The van der Waals surface area contributed by atoms with Gasteiger partial charge >= 0.3 is 0 Å². The van der Waals surface area contributed by atoms with Gasteiger partial charge < -0.3 is 10.1 Å². The second-order valence-corrected chi connectivity index (χ2v) is 5.00. The molecular weight excluding hydrogens is 242 g/mol. The van der Waals surface area contributed by atoms with Gasteiger partial charge in [0.25, 0.3) is 0 Å². The predicted octanol–water partition coefficient (Wildman–Crippen LogP) is 1.37. The molecule has 0 radical (unpaired) electrons. The highest BCUT2D eigenvalue weighted by Crippen LogP contribution is 2.18. The third-order valence-electron chi connectivity index (χ3n) is 3.54. The van der Waals surface area contributed by atoms with Crippen LogP contribution in [0.1, 0.15) is 31.2 Å². The van der Waals surface area contributed by atoms with Gasteiger partial charge in [0.15, 0.2) is 0 Å². The summed E-state index contributed by atoms with van der Waals surface area (Å²) in [5.41, 5.74) is 0.923. The molecule has 1 aromatic rings. The summed E-state index contributed by atoms with van der Waals surface area (Å²) >= 11 is 0. The first-order valence-electron chi connectivity index (χ1n) is 6.65. The number of amides is 1. The average molecular weight is 263 g/mol. The predicted molar refractivity (Wildman–Crippen MR) is 72.7 cm³/mol. The number of aromatic nitrogens is 2. The van der Waals surface area contributed by atoms with Crippen LogP contribution < -0.4 is 5.32 Å². The first-order chi connectivity index (χ1) is 9.11. The van der Waals surface area contributed by atoms with Gasteiger partial charge in [0.05, 0.1) is 24.3 Å². The van der Waals surface area contributed by atoms with E-state index < -0.39 is 0 Å². The molecule has 5 heteroatoms. The first-order valence-corrected chi connectivity index (χ1v) is 6.65. The molecule has 1 aliphatic heterocycles. The number of nitrogens with one attached hydrogen (secondary N) is 1. The van der Waals surface area contributed by atoms with Crippen molar-refractivity contribution in [3.05, 3.63) is 30.6 Å². The zero-order valence-corrected chi connectivity index (χ0v) is 11.5. The molecule has 5 nitrogen and oxygen atoms in total. The molecule has 1 saturated heterocycles. The van der Waals surface area contributed by atoms with Crippen LogP contribution in [0.5, 0.6) is 0 Å². The maximum absolute atomic E-state index is 12.2. The van der Waals surface area contributed by atoms with Gasteiger partial charge in [0, 0.05) is 25.4 Å². The van der Waals surface area contributed by atoms with Gasteiger partial charge in [-0.1, -0.05) is 6.08 Å². The average Bonchev–Trinajstić information content (AvgIpc) is 2.85. The molecule has 0 aromatic carbocycles. The Morgan fingerprint density at radius 2 is 2.53 bits per heavy atom. The van der Waals surface area contributed by atoms with Crippen LogP contribution in [0.15, 0.2) is 25.0 Å². The van der Waals surface area contributed by atoms with Gasteiger partial charge in [-0.05, 0) is 19.8 Å². The van der Waals surface area contributed by atoms with Crippen molar-refractivity contribution in [2.75, 3.05) is 6.61 Å². The van der Waals surface area contributed by atoms with E-state index >= 15 is 0 Å². The van der Waals surface area contributed by atoms with Gasteiger partial charge in [-0.2, -0.15) is 5.10 Å². The Hall–Kier alpha value is -1.62. The molecule has 0 bridgehead atoms. The second kappa shape index (κ2) is 6.02. The summed E-state index contributed by atoms with van der Waals surface area (Å²) in [6, 6.07) is 0.0258. The fourth-order valence-corrected chi connectivity index (χ4v) is 2.31. The molecule has 0 saturated carbocycles. The summed E-state index contributed by atoms with van der Waals surface area (Å²) in [6.07, 6.45) is 7.18. The van der Waals surface area contributed by atoms with Crippen molar-refractivity contribution in [3.8, 4) is 0 Å². The monoisotopic (exact) mass is 263 g/mol. The molecule has 1 N–H and O–H groups in total. The fourth-order valence-electron chi connectivity index (χ4n) is 2.31. The van der Waals surface area contributed by atoms with Gasteiger partial charge in [0.1, 0.15) is 0 Å². The van der Waals surface area contributed by atoms with E-state index in [0.717, 1.165) is 25.0 Å². The number of carbonyl (C=O) groups is 1. The topological polar surface area (TPSA) is 56.1 Å². The highest BCUT2D eigenvalue weighted by molar-refractivity contribution is 5.83. The zero-order valence-electron chi connectivity index (χ0n) is 11.5. The van der Waals surface area contributed by atoms with E-state index in [2.05, 4.69) is 17.0 Å². The van der Waals surface area contributed by atoms with Crippen LogP contribution in [-0.4, -0.2) is 34.4 Å². The number of hydrogen-bond acceptors (Lipinski definition) is 3. The Morgan fingerprint density at radius 1 is 1.74 bits per heavy atom. The number of ether oxygens (including phenoxy) is 1. The zero-order chi connectivity index (χ0) is 13.8. The van der Waals surface area contributed by atoms with E-state index in [-0.39, 0.29) is 24.0 Å². The van der Waals surface area contributed by atoms with Crippen LogP contribution in [0.3, 0.4) is 0 Å². The third-order valence-corrected chi connectivity index (χ3v) is 3.54. The lowest BCUT2D eigenvalue weighted by Crippen LogP contribution is -2.47.